The van der Waals surface area contributed by atoms with Gasteiger partial charge in [-0.1, -0.05) is 286 Å². The molecule has 2 atom stereocenters. The second-order valence-corrected chi connectivity index (χ2v) is 22.0. The van der Waals surface area contributed by atoms with E-state index in [0.717, 1.165) is 77.0 Å². The molecule has 0 saturated heterocycles. The van der Waals surface area contributed by atoms with Gasteiger partial charge in [-0.15, -0.1) is 0 Å². The van der Waals surface area contributed by atoms with Gasteiger partial charge in [0.15, 0.2) is 6.10 Å². The number of esters is 2. The van der Waals surface area contributed by atoms with Gasteiger partial charge < -0.3 is 20.1 Å². The summed E-state index contributed by atoms with van der Waals surface area (Å²) in [5.74, 6) is -0.815. The Balaban J connectivity index is 3.88. The largest absolute Gasteiger partial charge is 0.472 e. The molecule has 0 saturated carbocycles. The Labute approximate surface area is 456 Å². The van der Waals surface area contributed by atoms with Crippen LogP contribution in [0.3, 0.4) is 0 Å². The van der Waals surface area contributed by atoms with Crippen LogP contribution in [-0.2, 0) is 32.7 Å². The summed E-state index contributed by atoms with van der Waals surface area (Å²) in [6, 6.07) is 0. The van der Waals surface area contributed by atoms with Crippen LogP contribution in [0, 0.1) is 0 Å². The third-order valence-electron chi connectivity index (χ3n) is 13.4. The van der Waals surface area contributed by atoms with Crippen LogP contribution < -0.4 is 5.73 Å². The number of hydrogen-bond donors (Lipinski definition) is 2. The molecule has 0 radical (unpaired) electrons. The smallest absolute Gasteiger partial charge is 0.462 e. The molecule has 74 heavy (non-hydrogen) atoms. The fraction of sp³-hybridized carbons (Fsp3) is 0.781. The summed E-state index contributed by atoms with van der Waals surface area (Å²) in [5.41, 5.74) is 5.39. The standard InChI is InChI=1S/C64H116NO8P/c1-3-5-7-9-11-13-15-17-19-21-23-24-25-26-27-28-29-30-31-32-33-34-35-36-37-38-39-41-43-45-47-49-51-53-55-57-64(67)73-62(61-72-74(68,69)71-59-58-65)60-70-63(66)56-54-52-50-48-46-44-42-40-22-20-18-16-14-12-10-8-6-4-2/h5,7,11,13,17,19,23-24,26-27,29-30,62H,3-4,6,8-10,12,14-16,18,20-22,25,28,31-61,65H2,1-2H3,(H,68,69)/b7-5-,13-11-,19-17-,24-23-,27-26-,30-29-. The van der Waals surface area contributed by atoms with Gasteiger partial charge >= 0.3 is 19.8 Å². The van der Waals surface area contributed by atoms with Crippen LogP contribution in [0.4, 0.5) is 0 Å². The van der Waals surface area contributed by atoms with E-state index in [0.29, 0.717) is 6.42 Å². The van der Waals surface area contributed by atoms with Crippen LogP contribution in [0.5, 0.6) is 0 Å². The van der Waals surface area contributed by atoms with E-state index >= 15 is 0 Å². The molecule has 0 aliphatic heterocycles. The highest BCUT2D eigenvalue weighted by molar-refractivity contribution is 7.47. The molecule has 0 bridgehead atoms. The number of unbranched alkanes of at least 4 members (excludes halogenated alkanes) is 33. The first kappa shape index (κ1) is 71.5. The van der Waals surface area contributed by atoms with Crippen LogP contribution >= 0.6 is 7.82 Å². The molecule has 0 aromatic rings. The van der Waals surface area contributed by atoms with Crippen LogP contribution in [-0.4, -0.2) is 49.3 Å². The summed E-state index contributed by atoms with van der Waals surface area (Å²) in [7, 11) is -4.39. The van der Waals surface area contributed by atoms with Gasteiger partial charge in [-0.05, 0) is 64.2 Å². The van der Waals surface area contributed by atoms with Crippen molar-refractivity contribution in [3.63, 3.8) is 0 Å². The molecule has 3 N–H and O–H groups in total. The number of allylic oxidation sites excluding steroid dienone is 12. The third-order valence-corrected chi connectivity index (χ3v) is 14.3. The lowest BCUT2D eigenvalue weighted by Crippen LogP contribution is -2.29. The predicted octanol–water partition coefficient (Wildman–Crippen LogP) is 19.7. The van der Waals surface area contributed by atoms with Gasteiger partial charge in [0, 0.05) is 19.4 Å². The lowest BCUT2D eigenvalue weighted by Gasteiger charge is -2.19. The zero-order chi connectivity index (χ0) is 53.8. The molecule has 0 amide bonds. The van der Waals surface area contributed by atoms with E-state index in [1.54, 1.807) is 0 Å². The van der Waals surface area contributed by atoms with Crippen LogP contribution in [0.2, 0.25) is 0 Å². The van der Waals surface area contributed by atoms with Crippen molar-refractivity contribution in [2.45, 2.75) is 296 Å². The molecular formula is C64H116NO8P. The van der Waals surface area contributed by atoms with Crippen molar-refractivity contribution in [2.24, 2.45) is 5.73 Å². The third kappa shape index (κ3) is 58.7. The quantitative estimate of drug-likeness (QED) is 0.0264. The van der Waals surface area contributed by atoms with Gasteiger partial charge in [-0.2, -0.15) is 0 Å². The molecule has 0 fully saturated rings. The normalized spacial score (nSPS) is 13.5. The second-order valence-electron chi connectivity index (χ2n) is 20.6. The highest BCUT2D eigenvalue weighted by Crippen LogP contribution is 2.43. The fourth-order valence-corrected chi connectivity index (χ4v) is 9.58. The average Bonchev–Trinajstić information content (AvgIpc) is 3.39. The maximum absolute atomic E-state index is 12.7. The lowest BCUT2D eigenvalue weighted by atomic mass is 10.0. The van der Waals surface area contributed by atoms with Crippen molar-refractivity contribution in [3.8, 4) is 0 Å². The summed E-state index contributed by atoms with van der Waals surface area (Å²) >= 11 is 0. The summed E-state index contributed by atoms with van der Waals surface area (Å²) in [4.78, 5) is 35.2. The van der Waals surface area contributed by atoms with Crippen LogP contribution in [0.1, 0.15) is 290 Å². The highest BCUT2D eigenvalue weighted by atomic mass is 31.2. The van der Waals surface area contributed by atoms with Gasteiger partial charge in [0.2, 0.25) is 0 Å². The average molecular weight is 1060 g/mol. The van der Waals surface area contributed by atoms with Crippen molar-refractivity contribution in [3.05, 3.63) is 72.9 Å². The first-order valence-electron chi connectivity index (χ1n) is 30.9. The van der Waals surface area contributed by atoms with Crippen molar-refractivity contribution in [1.29, 1.82) is 0 Å². The molecular weight excluding hydrogens is 942 g/mol. The molecule has 0 rings (SSSR count). The SMILES string of the molecule is CC/C=C\C/C=C\C/C=C\C/C=C\C/C=C\C/C=C\CCCCCCCCCCCCCCCCCCC(=O)OC(COC(=O)CCCCCCCCCCCCCCCCCCCC)COP(=O)(O)OCCN. The molecule has 0 aromatic carbocycles. The maximum Gasteiger partial charge on any atom is 0.472 e. The minimum Gasteiger partial charge on any atom is -0.462 e. The zero-order valence-electron chi connectivity index (χ0n) is 48.1. The van der Waals surface area contributed by atoms with Crippen LogP contribution in [0.15, 0.2) is 72.9 Å². The van der Waals surface area contributed by atoms with E-state index in [1.807, 2.05) is 0 Å². The summed E-state index contributed by atoms with van der Waals surface area (Å²) in [5, 5.41) is 0. The maximum atomic E-state index is 12.7. The Morgan fingerprint density at radius 1 is 0.419 bits per heavy atom. The molecule has 2 unspecified atom stereocenters. The van der Waals surface area contributed by atoms with Crippen molar-refractivity contribution >= 4 is 19.8 Å². The van der Waals surface area contributed by atoms with Gasteiger partial charge in [0.1, 0.15) is 6.61 Å². The molecule has 0 aliphatic rings. The number of hydrogen-bond acceptors (Lipinski definition) is 8. The van der Waals surface area contributed by atoms with E-state index in [4.69, 9.17) is 24.3 Å². The molecule has 0 aliphatic carbocycles. The van der Waals surface area contributed by atoms with Gasteiger partial charge in [0.25, 0.3) is 0 Å². The number of carbonyl (C=O) groups is 2. The summed E-state index contributed by atoms with van der Waals surface area (Å²) in [6.07, 6.45) is 76.8. The zero-order valence-corrected chi connectivity index (χ0v) is 49.0. The fourth-order valence-electron chi connectivity index (χ4n) is 8.82. The number of nitrogens with two attached hydrogens (primary N) is 1. The van der Waals surface area contributed by atoms with Crippen LogP contribution in [0.25, 0.3) is 0 Å². The summed E-state index contributed by atoms with van der Waals surface area (Å²) in [6.45, 7) is 3.67. The van der Waals surface area contributed by atoms with Crippen molar-refractivity contribution in [1.82, 2.24) is 0 Å². The number of phosphoric ester groups is 1. The Bertz CT molecular complexity index is 1440. The topological polar surface area (TPSA) is 134 Å². The minimum absolute atomic E-state index is 0.0537. The Kier molecular flexibility index (Phi) is 57.6. The van der Waals surface area contributed by atoms with Gasteiger partial charge in [-0.25, -0.2) is 4.57 Å². The first-order chi connectivity index (χ1) is 36.3. The minimum atomic E-state index is -4.39. The Hall–Kier alpha value is -2.55. The van der Waals surface area contributed by atoms with E-state index < -0.39 is 26.5 Å². The lowest BCUT2D eigenvalue weighted by molar-refractivity contribution is -0.161. The molecule has 0 heterocycles. The summed E-state index contributed by atoms with van der Waals surface area (Å²) < 4.78 is 33.1. The van der Waals surface area contributed by atoms with E-state index in [9.17, 15) is 19.0 Å². The monoisotopic (exact) mass is 1060 g/mol. The van der Waals surface area contributed by atoms with Gasteiger partial charge in [-0.3, -0.25) is 18.6 Å². The van der Waals surface area contributed by atoms with Crippen molar-refractivity contribution in [2.75, 3.05) is 26.4 Å². The van der Waals surface area contributed by atoms with Gasteiger partial charge in [0.05, 0.1) is 13.2 Å². The highest BCUT2D eigenvalue weighted by Gasteiger charge is 2.26. The van der Waals surface area contributed by atoms with E-state index in [2.05, 4.69) is 86.8 Å². The first-order valence-corrected chi connectivity index (χ1v) is 32.4. The second kappa shape index (κ2) is 59.7. The van der Waals surface area contributed by atoms with E-state index in [-0.39, 0.29) is 38.6 Å². The van der Waals surface area contributed by atoms with Crippen molar-refractivity contribution < 1.29 is 37.6 Å². The molecule has 0 spiro atoms. The Morgan fingerprint density at radius 3 is 1.11 bits per heavy atom. The molecule has 10 heteroatoms. The Morgan fingerprint density at radius 2 is 0.743 bits per heavy atom. The molecule has 0 aromatic heterocycles. The predicted molar refractivity (Wildman–Crippen MR) is 316 cm³/mol. The van der Waals surface area contributed by atoms with E-state index in [1.165, 1.54) is 180 Å². The number of rotatable bonds is 58. The number of carbonyl (C=O) groups excluding carboxylic acids is 2. The molecule has 430 valence electrons. The number of phosphoric acid groups is 1. The number of ether oxygens (including phenoxy) is 2. The molecule has 9 nitrogen and oxygen atoms in total.